The van der Waals surface area contributed by atoms with Gasteiger partial charge in [-0.2, -0.15) is 0 Å². The number of amides is 2. The lowest BCUT2D eigenvalue weighted by Gasteiger charge is -2.39. The Morgan fingerprint density at radius 1 is 1.26 bits per heavy atom. The molecule has 0 spiro atoms. The average Bonchev–Trinajstić information content (AvgIpc) is 3.11. The summed E-state index contributed by atoms with van der Waals surface area (Å²) >= 11 is 0. The molecule has 2 aliphatic heterocycles. The zero-order chi connectivity index (χ0) is 21.7. The summed E-state index contributed by atoms with van der Waals surface area (Å²) in [6.07, 6.45) is 0.650. The Labute approximate surface area is 201 Å². The number of ether oxygens (including phenoxy) is 1. The molecule has 1 unspecified atom stereocenters. The molecule has 1 fully saturated rings. The van der Waals surface area contributed by atoms with Crippen LogP contribution in [0.25, 0.3) is 0 Å². The number of hydrogen-bond acceptors (Lipinski definition) is 6. The van der Waals surface area contributed by atoms with Gasteiger partial charge in [0.1, 0.15) is 5.60 Å². The van der Waals surface area contributed by atoms with Crippen molar-refractivity contribution in [3.63, 3.8) is 0 Å². The van der Waals surface area contributed by atoms with Crippen LogP contribution in [0.2, 0.25) is 0 Å². The summed E-state index contributed by atoms with van der Waals surface area (Å²) in [4.78, 5) is 33.1. The maximum Gasteiger partial charge on any atom is 0.410 e. The fraction of sp³-hybridized carbons (Fsp3) is 0.591. The molecule has 1 atom stereocenters. The number of rotatable bonds is 5. The van der Waals surface area contributed by atoms with Gasteiger partial charge in [0, 0.05) is 38.3 Å². The first-order chi connectivity index (χ1) is 14.3. The van der Waals surface area contributed by atoms with Crippen molar-refractivity contribution < 1.29 is 14.3 Å². The molecule has 1 aromatic carbocycles. The van der Waals surface area contributed by atoms with E-state index in [2.05, 4.69) is 20.5 Å². The predicted molar refractivity (Wildman–Crippen MR) is 132 cm³/mol. The third-order valence-corrected chi connectivity index (χ3v) is 5.03. The summed E-state index contributed by atoms with van der Waals surface area (Å²) in [6, 6.07) is 7.80. The number of halogens is 1. The van der Waals surface area contributed by atoms with Crippen LogP contribution < -0.4 is 10.6 Å². The molecule has 2 aliphatic rings. The van der Waals surface area contributed by atoms with E-state index in [0.29, 0.717) is 38.3 Å². The van der Waals surface area contributed by atoms with Crippen LogP contribution in [0.1, 0.15) is 50.0 Å². The van der Waals surface area contributed by atoms with Crippen molar-refractivity contribution in [1.29, 1.82) is 0 Å². The van der Waals surface area contributed by atoms with Crippen LogP contribution in [0.15, 0.2) is 29.3 Å². The van der Waals surface area contributed by atoms with E-state index in [1.165, 1.54) is 0 Å². The number of guanidine groups is 1. The second-order valence-electron chi connectivity index (χ2n) is 8.75. The standard InChI is InChI=1S/C22H33N5O3.HI/c1-5-9-23-19(28)17-8-6-7-16(12-17)13-24-20-25-14-18-15-26(10-11-27(18)20)21(29)30-22(2,3)4;/h6-8,12,18H,5,9-11,13-15H2,1-4H3,(H,23,28)(H,24,25);1H. The van der Waals surface area contributed by atoms with Gasteiger partial charge in [-0.1, -0.05) is 19.1 Å². The van der Waals surface area contributed by atoms with Crippen LogP contribution in [0.3, 0.4) is 0 Å². The molecule has 1 saturated heterocycles. The Kier molecular flexibility index (Phi) is 8.96. The Morgan fingerprint density at radius 2 is 2.03 bits per heavy atom. The first-order valence-electron chi connectivity index (χ1n) is 10.7. The van der Waals surface area contributed by atoms with Gasteiger partial charge in [-0.3, -0.25) is 9.79 Å². The average molecular weight is 543 g/mol. The Bertz CT molecular complexity index is 809. The molecule has 31 heavy (non-hydrogen) atoms. The van der Waals surface area contributed by atoms with Gasteiger partial charge in [-0.15, -0.1) is 24.0 Å². The molecule has 172 valence electrons. The number of carbonyl (C=O) groups excluding carboxylic acids is 2. The van der Waals surface area contributed by atoms with Gasteiger partial charge in [-0.05, 0) is 44.9 Å². The van der Waals surface area contributed by atoms with Crippen LogP contribution in [-0.4, -0.2) is 72.1 Å². The van der Waals surface area contributed by atoms with Crippen LogP contribution in [0.4, 0.5) is 4.79 Å². The summed E-state index contributed by atoms with van der Waals surface area (Å²) in [5.74, 6) is 0.805. The van der Waals surface area contributed by atoms with E-state index >= 15 is 0 Å². The fourth-order valence-electron chi connectivity index (χ4n) is 3.57. The van der Waals surface area contributed by atoms with Gasteiger partial charge in [0.2, 0.25) is 0 Å². The highest BCUT2D eigenvalue weighted by Gasteiger charge is 2.36. The predicted octanol–water partition coefficient (Wildman–Crippen LogP) is 2.82. The molecule has 2 amide bonds. The van der Waals surface area contributed by atoms with Gasteiger partial charge in [-0.25, -0.2) is 4.79 Å². The molecular weight excluding hydrogens is 509 g/mol. The smallest absolute Gasteiger partial charge is 0.410 e. The molecule has 1 aromatic rings. The highest BCUT2D eigenvalue weighted by Crippen LogP contribution is 2.19. The summed E-state index contributed by atoms with van der Waals surface area (Å²) in [5, 5.41) is 6.30. The maximum atomic E-state index is 12.3. The summed E-state index contributed by atoms with van der Waals surface area (Å²) in [7, 11) is 0. The van der Waals surface area contributed by atoms with Gasteiger partial charge in [0.25, 0.3) is 5.91 Å². The molecule has 0 aromatic heterocycles. The number of benzene rings is 1. The number of nitrogens with one attached hydrogen (secondary N) is 2. The van der Waals surface area contributed by atoms with Gasteiger partial charge < -0.3 is 25.2 Å². The molecule has 0 radical (unpaired) electrons. The second kappa shape index (κ2) is 11.0. The summed E-state index contributed by atoms with van der Waals surface area (Å²) in [6.45, 7) is 11.5. The molecule has 0 bridgehead atoms. The van der Waals surface area contributed by atoms with Gasteiger partial charge in [0.05, 0.1) is 12.6 Å². The number of hydrogen-bond donors (Lipinski definition) is 2. The van der Waals surface area contributed by atoms with E-state index in [4.69, 9.17) is 4.74 Å². The molecule has 9 heteroatoms. The Morgan fingerprint density at radius 3 is 2.74 bits per heavy atom. The van der Waals surface area contributed by atoms with Crippen molar-refractivity contribution in [2.75, 3.05) is 32.7 Å². The van der Waals surface area contributed by atoms with E-state index in [9.17, 15) is 9.59 Å². The minimum atomic E-state index is -0.491. The second-order valence-corrected chi connectivity index (χ2v) is 8.75. The number of nitrogens with zero attached hydrogens (tertiary/aromatic N) is 3. The summed E-state index contributed by atoms with van der Waals surface area (Å²) in [5.41, 5.74) is 1.20. The van der Waals surface area contributed by atoms with Crippen molar-refractivity contribution in [3.05, 3.63) is 35.4 Å². The Balaban J connectivity index is 0.00000341. The van der Waals surface area contributed by atoms with Crippen molar-refractivity contribution in [1.82, 2.24) is 20.4 Å². The van der Waals surface area contributed by atoms with Gasteiger partial charge in [0.15, 0.2) is 5.96 Å². The third-order valence-electron chi connectivity index (χ3n) is 5.03. The number of fused-ring (bicyclic) bond motifs is 1. The minimum Gasteiger partial charge on any atom is -0.444 e. The highest BCUT2D eigenvalue weighted by atomic mass is 127. The zero-order valence-electron chi connectivity index (χ0n) is 18.8. The van der Waals surface area contributed by atoms with Crippen LogP contribution in [0.5, 0.6) is 0 Å². The number of carbonyl (C=O) groups is 2. The van der Waals surface area contributed by atoms with Crippen LogP contribution in [-0.2, 0) is 11.3 Å². The molecule has 2 N–H and O–H groups in total. The maximum absolute atomic E-state index is 12.3. The van der Waals surface area contributed by atoms with Crippen molar-refractivity contribution in [2.45, 2.75) is 52.3 Å². The fourth-order valence-corrected chi connectivity index (χ4v) is 3.57. The monoisotopic (exact) mass is 543 g/mol. The lowest BCUT2D eigenvalue weighted by atomic mass is 10.1. The van der Waals surface area contributed by atoms with Crippen molar-refractivity contribution >= 4 is 41.9 Å². The number of piperazine rings is 1. The first-order valence-corrected chi connectivity index (χ1v) is 10.7. The molecule has 2 heterocycles. The highest BCUT2D eigenvalue weighted by molar-refractivity contribution is 14.0. The largest absolute Gasteiger partial charge is 0.444 e. The van der Waals surface area contributed by atoms with E-state index in [0.717, 1.165) is 24.5 Å². The molecular formula is C22H34IN5O3. The first kappa shape index (κ1) is 25.2. The minimum absolute atomic E-state index is 0. The molecule has 0 aliphatic carbocycles. The van der Waals surface area contributed by atoms with Crippen LogP contribution in [0, 0.1) is 0 Å². The van der Waals surface area contributed by atoms with E-state index in [1.807, 2.05) is 52.0 Å². The van der Waals surface area contributed by atoms with E-state index < -0.39 is 5.60 Å². The summed E-state index contributed by atoms with van der Waals surface area (Å²) < 4.78 is 5.50. The molecule has 3 rings (SSSR count). The molecule has 8 nitrogen and oxygen atoms in total. The topological polar surface area (TPSA) is 86.3 Å². The SMILES string of the molecule is CCCNC(=O)c1cccc(CNC2=NCC3CN(C(=O)OC(C)(C)C)CCN23)c1.I. The van der Waals surface area contributed by atoms with Gasteiger partial charge >= 0.3 is 6.09 Å². The van der Waals surface area contributed by atoms with Crippen molar-refractivity contribution in [3.8, 4) is 0 Å². The normalized spacial score (nSPS) is 17.9. The quantitative estimate of drug-likeness (QED) is 0.559. The third kappa shape index (κ3) is 6.98. The van der Waals surface area contributed by atoms with Crippen LogP contribution >= 0.6 is 24.0 Å². The Hall–Kier alpha value is -2.04. The van der Waals surface area contributed by atoms with E-state index in [-0.39, 0.29) is 42.0 Å². The molecule has 0 saturated carbocycles. The zero-order valence-corrected chi connectivity index (χ0v) is 21.1. The number of aliphatic imine (C=N–C) groups is 1. The van der Waals surface area contributed by atoms with Crippen molar-refractivity contribution in [2.24, 2.45) is 4.99 Å². The van der Waals surface area contributed by atoms with E-state index in [1.54, 1.807) is 4.90 Å². The lowest BCUT2D eigenvalue weighted by Crippen LogP contribution is -2.57. The lowest BCUT2D eigenvalue weighted by molar-refractivity contribution is 0.0137.